The Morgan fingerprint density at radius 1 is 1.12 bits per heavy atom. The van der Waals surface area contributed by atoms with E-state index in [9.17, 15) is 8.42 Å². The van der Waals surface area contributed by atoms with Gasteiger partial charge in [0, 0.05) is 49.5 Å². The SMILES string of the molecule is Cc1ccnc(-c2cnc(N3CCCOCCc4ccc(S(=O)(=O)NCCO)cc43)nc2)c1. The number of pyridine rings is 1. The lowest BCUT2D eigenvalue weighted by atomic mass is 10.1. The molecule has 0 atom stereocenters. The summed E-state index contributed by atoms with van der Waals surface area (Å²) in [6.07, 6.45) is 6.60. The third-order valence-electron chi connectivity index (χ3n) is 5.34. The molecule has 0 amide bonds. The zero-order valence-corrected chi connectivity index (χ0v) is 19.3. The van der Waals surface area contributed by atoms with Gasteiger partial charge in [-0.25, -0.2) is 23.1 Å². The van der Waals surface area contributed by atoms with Gasteiger partial charge < -0.3 is 14.7 Å². The molecule has 0 aliphatic carbocycles. The van der Waals surface area contributed by atoms with Crippen molar-refractivity contribution in [3.05, 3.63) is 60.0 Å². The lowest BCUT2D eigenvalue weighted by Crippen LogP contribution is -2.27. The summed E-state index contributed by atoms with van der Waals surface area (Å²) >= 11 is 0. The lowest BCUT2D eigenvalue weighted by molar-refractivity contribution is 0.137. The van der Waals surface area contributed by atoms with Gasteiger partial charge in [0.1, 0.15) is 0 Å². The highest BCUT2D eigenvalue weighted by Crippen LogP contribution is 2.31. The van der Waals surface area contributed by atoms with Gasteiger partial charge in [0.2, 0.25) is 16.0 Å². The molecule has 1 aliphatic heterocycles. The number of nitrogens with one attached hydrogen (secondary N) is 1. The smallest absolute Gasteiger partial charge is 0.240 e. The topological polar surface area (TPSA) is 118 Å². The minimum atomic E-state index is -3.76. The van der Waals surface area contributed by atoms with E-state index < -0.39 is 10.0 Å². The Labute approximate surface area is 193 Å². The number of fused-ring (bicyclic) bond motifs is 1. The van der Waals surface area contributed by atoms with Gasteiger partial charge in [-0.3, -0.25) is 4.98 Å². The van der Waals surface area contributed by atoms with Crippen LogP contribution in [0.5, 0.6) is 0 Å². The number of hydrogen-bond acceptors (Lipinski definition) is 8. The number of rotatable bonds is 6. The summed E-state index contributed by atoms with van der Waals surface area (Å²) in [5.74, 6) is 0.479. The quantitative estimate of drug-likeness (QED) is 0.564. The number of hydrogen-bond donors (Lipinski definition) is 2. The van der Waals surface area contributed by atoms with Crippen LogP contribution in [0, 0.1) is 6.92 Å². The number of ether oxygens (including phenoxy) is 1. The van der Waals surface area contributed by atoms with Crippen LogP contribution in [0.1, 0.15) is 17.5 Å². The van der Waals surface area contributed by atoms with Gasteiger partial charge in [0.25, 0.3) is 0 Å². The van der Waals surface area contributed by atoms with Crippen molar-refractivity contribution in [3.8, 4) is 11.3 Å². The highest BCUT2D eigenvalue weighted by molar-refractivity contribution is 7.89. The Bertz CT molecular complexity index is 1200. The molecule has 4 rings (SSSR count). The Morgan fingerprint density at radius 3 is 2.70 bits per heavy atom. The fraction of sp³-hybridized carbons (Fsp3) is 0.348. The van der Waals surface area contributed by atoms with E-state index in [0.29, 0.717) is 32.1 Å². The number of aliphatic hydroxyl groups excluding tert-OH is 1. The number of benzene rings is 1. The van der Waals surface area contributed by atoms with Crippen LogP contribution in [0.3, 0.4) is 0 Å². The summed E-state index contributed by atoms with van der Waals surface area (Å²) < 4.78 is 33.4. The highest BCUT2D eigenvalue weighted by atomic mass is 32.2. The summed E-state index contributed by atoms with van der Waals surface area (Å²) in [6, 6.07) is 8.92. The number of nitrogens with zero attached hydrogens (tertiary/aromatic N) is 4. The molecule has 10 heteroatoms. The lowest BCUT2D eigenvalue weighted by Gasteiger charge is -2.25. The van der Waals surface area contributed by atoms with Crippen LogP contribution in [0.15, 0.2) is 53.8 Å². The molecule has 0 fully saturated rings. The number of aromatic nitrogens is 3. The van der Waals surface area contributed by atoms with Gasteiger partial charge >= 0.3 is 0 Å². The van der Waals surface area contributed by atoms with Gasteiger partial charge in [-0.05, 0) is 55.2 Å². The number of aliphatic hydroxyl groups is 1. The van der Waals surface area contributed by atoms with Crippen molar-refractivity contribution in [2.24, 2.45) is 0 Å². The van der Waals surface area contributed by atoms with Crippen molar-refractivity contribution in [1.82, 2.24) is 19.7 Å². The van der Waals surface area contributed by atoms with Crippen LogP contribution in [0.2, 0.25) is 0 Å². The first-order valence-electron chi connectivity index (χ1n) is 10.8. The first-order chi connectivity index (χ1) is 16.0. The summed E-state index contributed by atoms with van der Waals surface area (Å²) in [7, 11) is -3.76. The second-order valence-electron chi connectivity index (χ2n) is 7.77. The second kappa shape index (κ2) is 10.3. The summed E-state index contributed by atoms with van der Waals surface area (Å²) in [4.78, 5) is 15.6. The van der Waals surface area contributed by atoms with Gasteiger partial charge in [-0.2, -0.15) is 0 Å². The molecule has 2 N–H and O–H groups in total. The average Bonchev–Trinajstić information content (AvgIpc) is 2.93. The molecule has 174 valence electrons. The summed E-state index contributed by atoms with van der Waals surface area (Å²) in [6.45, 7) is 3.40. The predicted octanol–water partition coefficient (Wildman–Crippen LogP) is 2.22. The molecule has 0 spiro atoms. The van der Waals surface area contributed by atoms with Crippen molar-refractivity contribution in [2.75, 3.05) is 37.8 Å². The molecule has 1 aromatic carbocycles. The largest absolute Gasteiger partial charge is 0.395 e. The normalized spacial score (nSPS) is 14.8. The maximum atomic E-state index is 12.7. The van der Waals surface area contributed by atoms with E-state index in [-0.39, 0.29) is 18.0 Å². The molecule has 3 heterocycles. The van der Waals surface area contributed by atoms with Gasteiger partial charge in [-0.15, -0.1) is 0 Å². The summed E-state index contributed by atoms with van der Waals surface area (Å²) in [5.41, 5.74) is 4.38. The van der Waals surface area contributed by atoms with Crippen molar-refractivity contribution in [1.29, 1.82) is 0 Å². The fourth-order valence-corrected chi connectivity index (χ4v) is 4.70. The Kier molecular flexibility index (Phi) is 7.29. The molecule has 33 heavy (non-hydrogen) atoms. The van der Waals surface area contributed by atoms with E-state index in [2.05, 4.69) is 19.7 Å². The third-order valence-corrected chi connectivity index (χ3v) is 6.80. The molecule has 0 saturated heterocycles. The number of anilines is 2. The van der Waals surface area contributed by atoms with Crippen molar-refractivity contribution >= 4 is 21.7 Å². The van der Waals surface area contributed by atoms with Crippen LogP contribution in [0.4, 0.5) is 11.6 Å². The van der Waals surface area contributed by atoms with Crippen LogP contribution in [-0.2, 0) is 21.2 Å². The molecular weight excluding hydrogens is 442 g/mol. The Balaban J connectivity index is 1.72. The molecule has 3 aromatic rings. The van der Waals surface area contributed by atoms with Crippen LogP contribution < -0.4 is 9.62 Å². The van der Waals surface area contributed by atoms with Gasteiger partial charge in [0.15, 0.2) is 0 Å². The monoisotopic (exact) mass is 469 g/mol. The zero-order valence-electron chi connectivity index (χ0n) is 18.4. The standard InChI is InChI=1S/C23H27N5O4S/c1-17-5-7-24-21(13-17)19-15-25-23(26-16-19)28-9-2-11-32-12-6-18-3-4-20(14-22(18)28)33(30,31)27-8-10-29/h3-5,7,13-16,27,29H,2,6,8-12H2,1H3. The zero-order chi connectivity index (χ0) is 23.3. The van der Waals surface area contributed by atoms with Gasteiger partial charge in [0.05, 0.1) is 23.8 Å². The molecule has 0 unspecified atom stereocenters. The second-order valence-corrected chi connectivity index (χ2v) is 9.54. The van der Waals surface area contributed by atoms with Crippen molar-refractivity contribution in [3.63, 3.8) is 0 Å². The number of sulfonamides is 1. The average molecular weight is 470 g/mol. The molecule has 0 radical (unpaired) electrons. The van der Waals surface area contributed by atoms with Crippen LogP contribution in [0.25, 0.3) is 11.3 Å². The number of aryl methyl sites for hydroxylation is 1. The minimum Gasteiger partial charge on any atom is -0.395 e. The van der Waals surface area contributed by atoms with E-state index in [1.165, 1.54) is 0 Å². The first kappa shape index (κ1) is 23.2. The molecule has 9 nitrogen and oxygen atoms in total. The molecule has 0 saturated carbocycles. The fourth-order valence-electron chi connectivity index (χ4n) is 3.66. The van der Waals surface area contributed by atoms with E-state index in [0.717, 1.165) is 34.5 Å². The third kappa shape index (κ3) is 5.53. The van der Waals surface area contributed by atoms with Crippen LogP contribution >= 0.6 is 0 Å². The van der Waals surface area contributed by atoms with E-state index in [4.69, 9.17) is 9.84 Å². The highest BCUT2D eigenvalue weighted by Gasteiger charge is 2.22. The maximum absolute atomic E-state index is 12.7. The molecule has 1 aliphatic rings. The van der Waals surface area contributed by atoms with Crippen LogP contribution in [-0.4, -0.2) is 61.4 Å². The molecule has 0 bridgehead atoms. The van der Waals surface area contributed by atoms with E-state index in [1.807, 2.05) is 24.0 Å². The molecule has 2 aromatic heterocycles. The maximum Gasteiger partial charge on any atom is 0.240 e. The Morgan fingerprint density at radius 2 is 1.94 bits per heavy atom. The van der Waals surface area contributed by atoms with E-state index >= 15 is 0 Å². The minimum absolute atomic E-state index is 0.0471. The van der Waals surface area contributed by atoms with Crippen molar-refractivity contribution < 1.29 is 18.3 Å². The predicted molar refractivity (Wildman–Crippen MR) is 125 cm³/mol. The van der Waals surface area contributed by atoms with Gasteiger partial charge in [-0.1, -0.05) is 6.07 Å². The first-order valence-corrected chi connectivity index (χ1v) is 12.3. The van der Waals surface area contributed by atoms with Crippen molar-refractivity contribution in [2.45, 2.75) is 24.7 Å². The summed E-state index contributed by atoms with van der Waals surface area (Å²) in [5, 5.41) is 9.01. The Hall–Kier alpha value is -2.92. The molecular formula is C23H27N5O4S. The van der Waals surface area contributed by atoms with E-state index in [1.54, 1.807) is 36.8 Å².